The minimum Gasteiger partial charge on any atom is -0.348 e. The van der Waals surface area contributed by atoms with Gasteiger partial charge in [0.1, 0.15) is 6.33 Å². The molecule has 3 rings (SSSR count). The third kappa shape index (κ3) is 4.84. The summed E-state index contributed by atoms with van der Waals surface area (Å²) in [6, 6.07) is 20.0. The van der Waals surface area contributed by atoms with E-state index in [0.717, 1.165) is 12.0 Å². The number of nitrogens with zero attached hydrogens (tertiary/aromatic N) is 3. The number of aromatic nitrogens is 3. The van der Waals surface area contributed by atoms with Gasteiger partial charge in [-0.15, -0.1) is 10.2 Å². The van der Waals surface area contributed by atoms with Crippen LogP contribution in [0.25, 0.3) is 0 Å². The Labute approximate surface area is 150 Å². The summed E-state index contributed by atoms with van der Waals surface area (Å²) in [6.07, 6.45) is 2.14. The number of hydrogen-bond donors (Lipinski definition) is 2. The zero-order valence-electron chi connectivity index (χ0n) is 13.6. The van der Waals surface area contributed by atoms with Gasteiger partial charge in [-0.2, -0.15) is 0 Å². The van der Waals surface area contributed by atoms with E-state index < -0.39 is 0 Å². The summed E-state index contributed by atoms with van der Waals surface area (Å²) in [5, 5.41) is 11.2. The summed E-state index contributed by atoms with van der Waals surface area (Å²) in [4.78, 5) is 12.4. The van der Waals surface area contributed by atoms with Crippen LogP contribution >= 0.6 is 11.8 Å². The number of amides is 1. The second kappa shape index (κ2) is 8.34. The standard InChI is InChI=1S/C18H19N5OS/c19-23-13-20-22-18(23)25-12-17(24)21-16(15-9-5-2-6-10-15)11-14-7-3-1-4-8-14/h1-10,13,16H,11-12,19H2,(H,21,24). The number of carbonyl (C=O) groups excluding carboxylic acids is 1. The van der Waals surface area contributed by atoms with Gasteiger partial charge in [0.2, 0.25) is 11.1 Å². The zero-order valence-corrected chi connectivity index (χ0v) is 14.4. The minimum absolute atomic E-state index is 0.0715. The summed E-state index contributed by atoms with van der Waals surface area (Å²) < 4.78 is 1.30. The van der Waals surface area contributed by atoms with Gasteiger partial charge in [0.25, 0.3) is 0 Å². The van der Waals surface area contributed by atoms with Gasteiger partial charge in [0.05, 0.1) is 11.8 Å². The molecule has 0 aliphatic rings. The molecular weight excluding hydrogens is 334 g/mol. The molecule has 1 unspecified atom stereocenters. The van der Waals surface area contributed by atoms with E-state index in [9.17, 15) is 4.79 Å². The first-order valence-corrected chi connectivity index (χ1v) is 8.87. The van der Waals surface area contributed by atoms with E-state index in [1.54, 1.807) is 0 Å². The fourth-order valence-corrected chi connectivity index (χ4v) is 3.13. The van der Waals surface area contributed by atoms with Crippen molar-refractivity contribution in [3.63, 3.8) is 0 Å². The van der Waals surface area contributed by atoms with Gasteiger partial charge in [0.15, 0.2) is 0 Å². The van der Waals surface area contributed by atoms with Crippen molar-refractivity contribution < 1.29 is 4.79 Å². The lowest BCUT2D eigenvalue weighted by atomic mass is 9.99. The van der Waals surface area contributed by atoms with Crippen LogP contribution in [-0.2, 0) is 11.2 Å². The second-order valence-corrected chi connectivity index (χ2v) is 6.47. The van der Waals surface area contributed by atoms with E-state index in [2.05, 4.69) is 27.6 Å². The first-order valence-electron chi connectivity index (χ1n) is 7.88. The Morgan fingerprint density at radius 1 is 1.12 bits per heavy atom. The van der Waals surface area contributed by atoms with Crippen molar-refractivity contribution >= 4 is 17.7 Å². The van der Waals surface area contributed by atoms with E-state index in [1.165, 1.54) is 28.3 Å². The molecule has 2 aromatic carbocycles. The highest BCUT2D eigenvalue weighted by atomic mass is 32.2. The second-order valence-electron chi connectivity index (χ2n) is 5.53. The summed E-state index contributed by atoms with van der Waals surface area (Å²) in [5.41, 5.74) is 2.25. The summed E-state index contributed by atoms with van der Waals surface area (Å²) in [7, 11) is 0. The molecule has 1 atom stereocenters. The van der Waals surface area contributed by atoms with Gasteiger partial charge in [-0.25, -0.2) is 4.68 Å². The highest BCUT2D eigenvalue weighted by Crippen LogP contribution is 2.19. The average molecular weight is 353 g/mol. The number of carbonyl (C=O) groups is 1. The third-order valence-corrected chi connectivity index (χ3v) is 4.65. The molecule has 0 radical (unpaired) electrons. The number of nitrogens with two attached hydrogens (primary N) is 1. The molecule has 0 aliphatic heterocycles. The summed E-state index contributed by atoms with van der Waals surface area (Å²) in [5.74, 6) is 5.82. The topological polar surface area (TPSA) is 85.8 Å². The van der Waals surface area contributed by atoms with Crippen molar-refractivity contribution in [2.24, 2.45) is 0 Å². The molecule has 1 amide bonds. The summed E-state index contributed by atoms with van der Waals surface area (Å²) >= 11 is 1.26. The van der Waals surface area contributed by atoms with Crippen molar-refractivity contribution in [3.05, 3.63) is 78.1 Å². The van der Waals surface area contributed by atoms with E-state index in [-0.39, 0.29) is 17.7 Å². The normalized spacial score (nSPS) is 11.8. The van der Waals surface area contributed by atoms with Crippen molar-refractivity contribution in [1.29, 1.82) is 0 Å². The fraction of sp³-hybridized carbons (Fsp3) is 0.167. The molecule has 1 aromatic heterocycles. The lowest BCUT2D eigenvalue weighted by molar-refractivity contribution is -0.119. The van der Waals surface area contributed by atoms with Crippen LogP contribution in [0.2, 0.25) is 0 Å². The number of thioether (sulfide) groups is 1. The number of nitrogens with one attached hydrogen (secondary N) is 1. The maximum Gasteiger partial charge on any atom is 0.230 e. The highest BCUT2D eigenvalue weighted by molar-refractivity contribution is 7.99. The molecule has 0 spiro atoms. The molecule has 3 aromatic rings. The molecule has 7 heteroatoms. The van der Waals surface area contributed by atoms with E-state index in [4.69, 9.17) is 5.84 Å². The molecule has 0 saturated carbocycles. The Morgan fingerprint density at radius 2 is 1.80 bits per heavy atom. The average Bonchev–Trinajstić information content (AvgIpc) is 3.06. The Bertz CT molecular complexity index is 807. The molecule has 3 N–H and O–H groups in total. The van der Waals surface area contributed by atoms with Crippen LogP contribution in [0, 0.1) is 0 Å². The predicted molar refractivity (Wildman–Crippen MR) is 98.4 cm³/mol. The molecular formula is C18H19N5OS. The van der Waals surface area contributed by atoms with Gasteiger partial charge in [-0.1, -0.05) is 72.4 Å². The van der Waals surface area contributed by atoms with E-state index >= 15 is 0 Å². The molecule has 0 fully saturated rings. The van der Waals surface area contributed by atoms with Crippen LogP contribution in [0.15, 0.2) is 72.1 Å². The van der Waals surface area contributed by atoms with Gasteiger partial charge in [-0.3, -0.25) is 4.79 Å². The molecule has 0 bridgehead atoms. The highest BCUT2D eigenvalue weighted by Gasteiger charge is 2.16. The van der Waals surface area contributed by atoms with E-state index in [1.807, 2.05) is 48.5 Å². The first-order chi connectivity index (χ1) is 12.2. The Hall–Kier alpha value is -2.80. The van der Waals surface area contributed by atoms with Gasteiger partial charge < -0.3 is 11.2 Å². The molecule has 0 saturated heterocycles. The van der Waals surface area contributed by atoms with Crippen LogP contribution in [0.4, 0.5) is 0 Å². The molecule has 0 aliphatic carbocycles. The van der Waals surface area contributed by atoms with Crippen molar-refractivity contribution in [3.8, 4) is 0 Å². The van der Waals surface area contributed by atoms with Crippen LogP contribution < -0.4 is 11.2 Å². The van der Waals surface area contributed by atoms with Gasteiger partial charge >= 0.3 is 0 Å². The van der Waals surface area contributed by atoms with Gasteiger partial charge in [-0.05, 0) is 17.5 Å². The smallest absolute Gasteiger partial charge is 0.230 e. The number of nitrogen functional groups attached to an aromatic ring is 1. The number of rotatable bonds is 7. The van der Waals surface area contributed by atoms with Crippen LogP contribution in [0.3, 0.4) is 0 Å². The SMILES string of the molecule is Nn1cnnc1SCC(=O)NC(Cc1ccccc1)c1ccccc1. The maximum atomic E-state index is 12.4. The van der Waals surface area contributed by atoms with Crippen LogP contribution in [0.1, 0.15) is 17.2 Å². The summed E-state index contributed by atoms with van der Waals surface area (Å²) in [6.45, 7) is 0. The van der Waals surface area contributed by atoms with E-state index in [0.29, 0.717) is 5.16 Å². The largest absolute Gasteiger partial charge is 0.348 e. The van der Waals surface area contributed by atoms with Crippen molar-refractivity contribution in [2.45, 2.75) is 17.6 Å². The van der Waals surface area contributed by atoms with Crippen LogP contribution in [-0.4, -0.2) is 26.5 Å². The number of benzene rings is 2. The fourth-order valence-electron chi connectivity index (χ4n) is 2.49. The lowest BCUT2D eigenvalue weighted by Crippen LogP contribution is -2.31. The first kappa shape index (κ1) is 17.0. The van der Waals surface area contributed by atoms with Crippen molar-refractivity contribution in [2.75, 3.05) is 11.6 Å². The maximum absolute atomic E-state index is 12.4. The third-order valence-electron chi connectivity index (χ3n) is 3.69. The Balaban J connectivity index is 1.66. The van der Waals surface area contributed by atoms with Gasteiger partial charge in [0, 0.05) is 0 Å². The quantitative estimate of drug-likeness (QED) is 0.502. The number of hydrogen-bond acceptors (Lipinski definition) is 5. The van der Waals surface area contributed by atoms with Crippen molar-refractivity contribution in [1.82, 2.24) is 20.2 Å². The predicted octanol–water partition coefficient (Wildman–Crippen LogP) is 2.18. The molecule has 1 heterocycles. The zero-order chi connectivity index (χ0) is 17.5. The van der Waals surface area contributed by atoms with Crippen LogP contribution in [0.5, 0.6) is 0 Å². The lowest BCUT2D eigenvalue weighted by Gasteiger charge is -2.19. The monoisotopic (exact) mass is 353 g/mol. The molecule has 25 heavy (non-hydrogen) atoms. The Morgan fingerprint density at radius 3 is 2.44 bits per heavy atom. The minimum atomic E-state index is -0.0903. The molecule has 128 valence electrons. The Kier molecular flexibility index (Phi) is 5.69. The molecule has 6 nitrogen and oxygen atoms in total.